The number of barbiturate groups is 1. The Hall–Kier alpha value is -2.44. The first-order valence-corrected chi connectivity index (χ1v) is 7.94. The molecule has 1 aliphatic rings. The first kappa shape index (κ1) is 15.5. The zero-order valence-corrected chi connectivity index (χ0v) is 13.6. The molecule has 23 heavy (non-hydrogen) atoms. The highest BCUT2D eigenvalue weighted by atomic mass is 35.5. The molecule has 3 rings (SSSR count). The summed E-state index contributed by atoms with van der Waals surface area (Å²) >= 11 is 7.33. The van der Waals surface area contributed by atoms with Gasteiger partial charge in [-0.2, -0.15) is 0 Å². The monoisotopic (exact) mass is 346 g/mol. The van der Waals surface area contributed by atoms with E-state index < -0.39 is 17.8 Å². The maximum absolute atomic E-state index is 12.6. The fourth-order valence-electron chi connectivity index (χ4n) is 2.17. The van der Waals surface area contributed by atoms with Crippen molar-refractivity contribution >= 4 is 52.5 Å². The number of imide groups is 2. The molecule has 0 bridgehead atoms. The van der Waals surface area contributed by atoms with Crippen LogP contribution in [0.5, 0.6) is 0 Å². The number of aryl methyl sites for hydroxylation is 1. The molecule has 1 saturated heterocycles. The summed E-state index contributed by atoms with van der Waals surface area (Å²) in [5, 5.41) is 4.44. The molecule has 5 nitrogen and oxygen atoms in total. The number of halogens is 1. The molecule has 0 unspecified atom stereocenters. The molecule has 116 valence electrons. The predicted molar refractivity (Wildman–Crippen MR) is 89.5 cm³/mol. The Balaban J connectivity index is 2.04. The molecule has 0 saturated carbocycles. The van der Waals surface area contributed by atoms with Gasteiger partial charge in [-0.3, -0.25) is 14.9 Å². The van der Waals surface area contributed by atoms with Crippen molar-refractivity contribution in [3.8, 4) is 0 Å². The van der Waals surface area contributed by atoms with E-state index in [1.807, 2.05) is 18.4 Å². The van der Waals surface area contributed by atoms with Crippen molar-refractivity contribution in [1.29, 1.82) is 0 Å². The number of hydrogen-bond acceptors (Lipinski definition) is 4. The zero-order valence-electron chi connectivity index (χ0n) is 12.0. The van der Waals surface area contributed by atoms with Crippen LogP contribution in [0.15, 0.2) is 41.3 Å². The van der Waals surface area contributed by atoms with E-state index in [1.54, 1.807) is 18.2 Å². The molecule has 4 amide bonds. The molecule has 2 aromatic rings. The van der Waals surface area contributed by atoms with Gasteiger partial charge in [-0.15, -0.1) is 11.3 Å². The third kappa shape index (κ3) is 2.91. The van der Waals surface area contributed by atoms with Gasteiger partial charge in [-0.1, -0.05) is 17.7 Å². The van der Waals surface area contributed by atoms with Crippen molar-refractivity contribution in [2.75, 3.05) is 4.90 Å². The average molecular weight is 347 g/mol. The van der Waals surface area contributed by atoms with Gasteiger partial charge >= 0.3 is 6.03 Å². The Labute approximate surface area is 141 Å². The van der Waals surface area contributed by atoms with Crippen LogP contribution in [0.2, 0.25) is 5.02 Å². The maximum Gasteiger partial charge on any atom is 0.335 e. The van der Waals surface area contributed by atoms with Crippen LogP contribution in [0.25, 0.3) is 6.08 Å². The summed E-state index contributed by atoms with van der Waals surface area (Å²) in [6, 6.07) is 7.43. The first-order valence-electron chi connectivity index (χ1n) is 6.68. The molecule has 1 N–H and O–H groups in total. The van der Waals surface area contributed by atoms with Crippen molar-refractivity contribution in [3.05, 3.63) is 56.7 Å². The van der Waals surface area contributed by atoms with E-state index in [0.717, 1.165) is 15.3 Å². The van der Waals surface area contributed by atoms with Crippen LogP contribution in [0.1, 0.15) is 10.4 Å². The fraction of sp³-hybridized carbons (Fsp3) is 0.0625. The summed E-state index contributed by atoms with van der Waals surface area (Å²) in [6.07, 6.45) is 1.50. The van der Waals surface area contributed by atoms with Crippen molar-refractivity contribution in [2.24, 2.45) is 0 Å². The normalized spacial score (nSPS) is 16.9. The number of rotatable bonds is 2. The van der Waals surface area contributed by atoms with Gasteiger partial charge < -0.3 is 0 Å². The largest absolute Gasteiger partial charge is 0.335 e. The standard InChI is InChI=1S/C16H11ClN2O3S/c1-9-5-6-23-13(9)8-12-14(20)18-16(22)19(15(12)21)11-4-2-3-10(17)7-11/h2-8H,1H3,(H,18,20,22)/b12-8+. The number of urea groups is 1. The van der Waals surface area contributed by atoms with Crippen LogP contribution in [0, 0.1) is 6.92 Å². The van der Waals surface area contributed by atoms with Gasteiger partial charge in [-0.05, 0) is 48.2 Å². The summed E-state index contributed by atoms with van der Waals surface area (Å²) in [5.41, 5.74) is 1.17. The van der Waals surface area contributed by atoms with E-state index in [9.17, 15) is 14.4 Å². The lowest BCUT2D eigenvalue weighted by Gasteiger charge is -2.26. The van der Waals surface area contributed by atoms with E-state index in [1.165, 1.54) is 23.5 Å². The summed E-state index contributed by atoms with van der Waals surface area (Å²) in [4.78, 5) is 38.4. The molecular weight excluding hydrogens is 336 g/mol. The first-order chi connectivity index (χ1) is 11.0. The van der Waals surface area contributed by atoms with E-state index in [0.29, 0.717) is 10.7 Å². The second kappa shape index (κ2) is 5.98. The third-order valence-electron chi connectivity index (χ3n) is 3.35. The number of thiophene rings is 1. The van der Waals surface area contributed by atoms with E-state index in [-0.39, 0.29) is 5.57 Å². The van der Waals surface area contributed by atoms with Crippen molar-refractivity contribution < 1.29 is 14.4 Å². The Morgan fingerprint density at radius 2 is 2.00 bits per heavy atom. The molecule has 0 aliphatic carbocycles. The lowest BCUT2D eigenvalue weighted by Crippen LogP contribution is -2.54. The number of nitrogens with one attached hydrogen (secondary N) is 1. The number of nitrogens with zero attached hydrogens (tertiary/aromatic N) is 1. The Kier molecular flexibility index (Phi) is 4.02. The molecule has 0 radical (unpaired) electrons. The summed E-state index contributed by atoms with van der Waals surface area (Å²) in [7, 11) is 0. The minimum absolute atomic E-state index is 0.0878. The minimum atomic E-state index is -0.790. The number of carbonyl (C=O) groups excluding carboxylic acids is 3. The fourth-order valence-corrected chi connectivity index (χ4v) is 3.21. The summed E-state index contributed by atoms with van der Waals surface area (Å²) in [6.45, 7) is 1.88. The van der Waals surface area contributed by atoms with Gasteiger partial charge in [0.05, 0.1) is 5.69 Å². The Morgan fingerprint density at radius 1 is 1.22 bits per heavy atom. The molecule has 1 fully saturated rings. The maximum atomic E-state index is 12.6. The second-order valence-corrected chi connectivity index (χ2v) is 6.29. The quantitative estimate of drug-likeness (QED) is 0.669. The number of hydrogen-bond donors (Lipinski definition) is 1. The molecule has 0 atom stereocenters. The molecule has 1 aliphatic heterocycles. The van der Waals surface area contributed by atoms with Gasteiger partial charge in [0.1, 0.15) is 5.57 Å². The number of amides is 4. The van der Waals surface area contributed by atoms with Crippen molar-refractivity contribution in [3.63, 3.8) is 0 Å². The lowest BCUT2D eigenvalue weighted by molar-refractivity contribution is -0.122. The van der Waals surface area contributed by atoms with Gasteiger partial charge in [0, 0.05) is 9.90 Å². The third-order valence-corrected chi connectivity index (χ3v) is 4.55. The van der Waals surface area contributed by atoms with E-state index >= 15 is 0 Å². The summed E-state index contributed by atoms with van der Waals surface area (Å²) in [5.74, 6) is -1.38. The SMILES string of the molecule is Cc1ccsc1/C=C1\C(=O)NC(=O)N(c2cccc(Cl)c2)C1=O. The highest BCUT2D eigenvalue weighted by molar-refractivity contribution is 7.11. The Bertz CT molecular complexity index is 857. The lowest BCUT2D eigenvalue weighted by atomic mass is 10.1. The topological polar surface area (TPSA) is 66.5 Å². The van der Waals surface area contributed by atoms with Crippen LogP contribution in [0.3, 0.4) is 0 Å². The van der Waals surface area contributed by atoms with Crippen molar-refractivity contribution in [2.45, 2.75) is 6.92 Å². The highest BCUT2D eigenvalue weighted by Crippen LogP contribution is 2.26. The zero-order chi connectivity index (χ0) is 16.6. The Morgan fingerprint density at radius 3 is 2.65 bits per heavy atom. The van der Waals surface area contributed by atoms with Gasteiger partial charge in [0.15, 0.2) is 0 Å². The van der Waals surface area contributed by atoms with Gasteiger partial charge in [-0.25, -0.2) is 9.69 Å². The number of anilines is 1. The second-order valence-electron chi connectivity index (χ2n) is 4.91. The van der Waals surface area contributed by atoms with Crippen LogP contribution in [0.4, 0.5) is 10.5 Å². The van der Waals surface area contributed by atoms with Crippen LogP contribution in [-0.4, -0.2) is 17.8 Å². The van der Waals surface area contributed by atoms with Crippen LogP contribution >= 0.6 is 22.9 Å². The molecule has 1 aromatic carbocycles. The summed E-state index contributed by atoms with van der Waals surface area (Å²) < 4.78 is 0. The van der Waals surface area contributed by atoms with Crippen molar-refractivity contribution in [1.82, 2.24) is 5.32 Å². The molecule has 2 heterocycles. The molecule has 7 heteroatoms. The predicted octanol–water partition coefficient (Wildman–Crippen LogP) is 3.38. The van der Waals surface area contributed by atoms with Crippen LogP contribution < -0.4 is 10.2 Å². The highest BCUT2D eigenvalue weighted by Gasteiger charge is 2.37. The number of benzene rings is 1. The van der Waals surface area contributed by atoms with E-state index in [2.05, 4.69) is 5.32 Å². The van der Waals surface area contributed by atoms with E-state index in [4.69, 9.17) is 11.6 Å². The van der Waals surface area contributed by atoms with Gasteiger partial charge in [0.25, 0.3) is 11.8 Å². The smallest absolute Gasteiger partial charge is 0.273 e. The van der Waals surface area contributed by atoms with Gasteiger partial charge in [0.2, 0.25) is 0 Å². The molecule has 1 aromatic heterocycles. The number of carbonyl (C=O) groups is 3. The minimum Gasteiger partial charge on any atom is -0.273 e. The molecular formula is C16H11ClN2O3S. The molecule has 0 spiro atoms. The van der Waals surface area contributed by atoms with Crippen LogP contribution in [-0.2, 0) is 9.59 Å². The average Bonchev–Trinajstić information content (AvgIpc) is 2.88.